The zero-order valence-electron chi connectivity index (χ0n) is 35.7. The molecule has 3 N–H and O–H groups in total. The fraction of sp³-hybridized carbons (Fsp3) is 0.565. The van der Waals surface area contributed by atoms with Crippen LogP contribution in [0.4, 0.5) is 0 Å². The smallest absolute Gasteiger partial charge is 0.251 e. The topological polar surface area (TPSA) is 114 Å². The summed E-state index contributed by atoms with van der Waals surface area (Å²) in [5.74, 6) is 0.829. The van der Waals surface area contributed by atoms with Crippen molar-refractivity contribution in [3.63, 3.8) is 0 Å². The Labute approximate surface area is 334 Å². The minimum atomic E-state index is -2.38. The second-order valence-corrected chi connectivity index (χ2v) is 18.3. The van der Waals surface area contributed by atoms with Crippen LogP contribution in [-0.2, 0) is 32.7 Å². The maximum absolute atomic E-state index is 13.2. The number of carbonyl (C=O) groups excluding carboxylic acids is 2. The summed E-state index contributed by atoms with van der Waals surface area (Å²) in [7, 11) is 0. The molecule has 0 spiro atoms. The molecule has 55 heavy (non-hydrogen) atoms. The second-order valence-electron chi connectivity index (χ2n) is 17.3. The van der Waals surface area contributed by atoms with Crippen LogP contribution in [0.5, 0.6) is 11.5 Å². The summed E-state index contributed by atoms with van der Waals surface area (Å²) in [6.07, 6.45) is 5.10. The highest BCUT2D eigenvalue weighted by Gasteiger charge is 2.28. The first-order valence-electron chi connectivity index (χ1n) is 20.1. The normalized spacial score (nSPS) is 13.0. The average molecular weight is 777 g/mol. The van der Waals surface area contributed by atoms with E-state index in [4.69, 9.17) is 9.47 Å². The van der Waals surface area contributed by atoms with Gasteiger partial charge in [-0.3, -0.25) is 9.59 Å². The first-order valence-corrected chi connectivity index (χ1v) is 21.2. The third kappa shape index (κ3) is 12.1. The van der Waals surface area contributed by atoms with Gasteiger partial charge in [-0.1, -0.05) is 107 Å². The van der Waals surface area contributed by atoms with E-state index in [1.54, 1.807) is 0 Å². The molecular weight excluding hydrogens is 709 g/mol. The van der Waals surface area contributed by atoms with Crippen LogP contribution < -0.4 is 20.1 Å². The van der Waals surface area contributed by atoms with Gasteiger partial charge in [0.15, 0.2) is 11.1 Å². The summed E-state index contributed by atoms with van der Waals surface area (Å²) in [5.41, 5.74) is 5.20. The van der Waals surface area contributed by atoms with Crippen LogP contribution in [0.1, 0.15) is 165 Å². The largest absolute Gasteiger partial charge is 0.493 e. The number of ether oxygens (including phenoxy) is 2. The van der Waals surface area contributed by atoms with Gasteiger partial charge >= 0.3 is 0 Å². The van der Waals surface area contributed by atoms with Crippen LogP contribution in [0.15, 0.2) is 59.5 Å². The average Bonchev–Trinajstić information content (AvgIpc) is 3.16. The molecule has 0 bridgehead atoms. The molecule has 3 rings (SSSR count). The highest BCUT2D eigenvalue weighted by molar-refractivity contribution is 7.79. The molecule has 0 heterocycles. The van der Waals surface area contributed by atoms with Crippen LogP contribution in [0.2, 0.25) is 0 Å². The third-order valence-corrected chi connectivity index (χ3v) is 12.5. The van der Waals surface area contributed by atoms with Crippen LogP contribution in [0, 0.1) is 0 Å². The molecule has 0 aliphatic heterocycles. The monoisotopic (exact) mass is 776 g/mol. The molecular formula is C46H68N2O6S. The maximum Gasteiger partial charge on any atom is 0.251 e. The number of benzene rings is 3. The predicted octanol–water partition coefficient (Wildman–Crippen LogP) is 10.4. The lowest BCUT2D eigenvalue weighted by molar-refractivity contribution is 0.0950. The van der Waals surface area contributed by atoms with Crippen molar-refractivity contribution in [1.29, 1.82) is 0 Å². The molecule has 3 aromatic carbocycles. The van der Waals surface area contributed by atoms with E-state index in [2.05, 4.69) is 130 Å². The minimum Gasteiger partial charge on any atom is -0.493 e. The summed E-state index contributed by atoms with van der Waals surface area (Å²) in [5, 5.41) is 5.74. The molecule has 304 valence electrons. The quantitative estimate of drug-likeness (QED) is 0.0733. The molecule has 2 amide bonds. The molecule has 0 saturated heterocycles. The number of nitrogens with one attached hydrogen (secondary N) is 2. The summed E-state index contributed by atoms with van der Waals surface area (Å²) < 4.78 is 34.4. The second kappa shape index (κ2) is 19.4. The molecule has 0 radical (unpaired) electrons. The van der Waals surface area contributed by atoms with Crippen molar-refractivity contribution in [2.75, 3.05) is 26.3 Å². The lowest BCUT2D eigenvalue weighted by Crippen LogP contribution is -2.28. The van der Waals surface area contributed by atoms with Crippen LogP contribution in [0.3, 0.4) is 0 Å². The van der Waals surface area contributed by atoms with Gasteiger partial charge in [-0.25, -0.2) is 4.21 Å². The van der Waals surface area contributed by atoms with Gasteiger partial charge in [0.2, 0.25) is 0 Å². The Hall–Kier alpha value is -3.69. The Kier molecular flexibility index (Phi) is 16.2. The molecule has 0 fully saturated rings. The van der Waals surface area contributed by atoms with Crippen molar-refractivity contribution in [1.82, 2.24) is 10.6 Å². The van der Waals surface area contributed by atoms with E-state index in [9.17, 15) is 18.4 Å². The van der Waals surface area contributed by atoms with Crippen molar-refractivity contribution in [2.24, 2.45) is 0 Å². The van der Waals surface area contributed by atoms with Gasteiger partial charge in [0.05, 0.1) is 18.1 Å². The highest BCUT2D eigenvalue weighted by atomic mass is 32.2. The fourth-order valence-corrected chi connectivity index (χ4v) is 6.53. The van der Waals surface area contributed by atoms with Crippen LogP contribution >= 0.6 is 0 Å². The molecule has 3 aromatic rings. The highest BCUT2D eigenvalue weighted by Crippen LogP contribution is 2.40. The van der Waals surface area contributed by atoms with Gasteiger partial charge in [0.1, 0.15) is 11.5 Å². The van der Waals surface area contributed by atoms with Crippen LogP contribution in [-0.4, -0.2) is 46.9 Å². The molecule has 0 aliphatic carbocycles. The van der Waals surface area contributed by atoms with Crippen molar-refractivity contribution >= 4 is 22.9 Å². The number of rotatable bonds is 21. The van der Waals surface area contributed by atoms with Gasteiger partial charge in [0, 0.05) is 35.3 Å². The third-order valence-electron chi connectivity index (χ3n) is 11.9. The Morgan fingerprint density at radius 3 is 1.27 bits per heavy atom. The summed E-state index contributed by atoms with van der Waals surface area (Å²) in [6.45, 7) is 28.2. The van der Waals surface area contributed by atoms with E-state index in [0.29, 0.717) is 39.1 Å². The Balaban J connectivity index is 1.59. The number of hydrogen-bond acceptors (Lipinski definition) is 5. The van der Waals surface area contributed by atoms with Gasteiger partial charge < -0.3 is 24.7 Å². The fourth-order valence-electron chi connectivity index (χ4n) is 6.08. The lowest BCUT2D eigenvalue weighted by Gasteiger charge is -2.30. The number of amides is 2. The van der Waals surface area contributed by atoms with Crippen molar-refractivity contribution < 1.29 is 27.8 Å². The Morgan fingerprint density at radius 2 is 0.945 bits per heavy atom. The zero-order valence-corrected chi connectivity index (χ0v) is 36.5. The summed E-state index contributed by atoms with van der Waals surface area (Å²) in [6, 6.07) is 17.1. The van der Waals surface area contributed by atoms with E-state index >= 15 is 0 Å². The lowest BCUT2D eigenvalue weighted by atomic mass is 9.76. The molecule has 1 unspecified atom stereocenters. The summed E-state index contributed by atoms with van der Waals surface area (Å²) >= 11 is -2.38. The van der Waals surface area contributed by atoms with E-state index in [1.807, 2.05) is 0 Å². The van der Waals surface area contributed by atoms with Crippen molar-refractivity contribution in [2.45, 2.75) is 148 Å². The van der Waals surface area contributed by atoms with Gasteiger partial charge in [-0.15, -0.1) is 0 Å². The predicted molar refractivity (Wildman–Crippen MR) is 227 cm³/mol. The Bertz CT molecular complexity index is 1680. The van der Waals surface area contributed by atoms with Gasteiger partial charge in [0.25, 0.3) is 11.8 Å². The zero-order chi connectivity index (χ0) is 41.2. The molecule has 1 atom stereocenters. The first-order chi connectivity index (χ1) is 25.7. The minimum absolute atomic E-state index is 0.0222. The Morgan fingerprint density at radius 1 is 0.582 bits per heavy atom. The molecule has 0 saturated carbocycles. The SMILES string of the molecule is CCC(C)(C)c1ccc(OCCCNC(=O)c2cc(C(=O)NCCCOc3ccc(C(C)(C)CC)cc3C(C)(C)CC)cc(S(=O)O)c2)c(C(C)(C)CC)c1. The van der Waals surface area contributed by atoms with Crippen molar-refractivity contribution in [3.8, 4) is 11.5 Å². The summed E-state index contributed by atoms with van der Waals surface area (Å²) in [4.78, 5) is 26.3. The van der Waals surface area contributed by atoms with E-state index in [0.717, 1.165) is 37.2 Å². The number of hydrogen-bond donors (Lipinski definition) is 3. The molecule has 8 nitrogen and oxygen atoms in total. The van der Waals surface area contributed by atoms with Crippen molar-refractivity contribution in [3.05, 3.63) is 88.0 Å². The number of carbonyl (C=O) groups is 2. The molecule has 0 aromatic heterocycles. The molecule has 0 aliphatic rings. The van der Waals surface area contributed by atoms with Gasteiger partial charge in [-0.2, -0.15) is 0 Å². The molecule has 9 heteroatoms. The van der Waals surface area contributed by atoms with Gasteiger partial charge in [-0.05, 0) is 102 Å². The van der Waals surface area contributed by atoms with E-state index in [1.165, 1.54) is 40.5 Å². The van der Waals surface area contributed by atoms with Crippen LogP contribution in [0.25, 0.3) is 0 Å². The standard InChI is InChI=1S/C46H68N2O6S/c1-13-43(5,6)34-19-21-39(37(30-34)45(9,10)15-3)53-25-17-23-47-41(49)32-27-33(29-36(28-32)55(51)52)42(50)48-24-18-26-54-40-22-20-35(44(7,8)14-2)31-38(40)46(11,12)16-4/h19-22,27-31H,13-18,23-26H2,1-12H3,(H,47,49)(H,48,50)(H,51,52). The maximum atomic E-state index is 13.2. The first kappa shape index (κ1) is 45.7. The van der Waals surface area contributed by atoms with E-state index < -0.39 is 22.9 Å². The van der Waals surface area contributed by atoms with E-state index in [-0.39, 0.29) is 37.7 Å².